The lowest BCUT2D eigenvalue weighted by atomic mass is 10.2. The number of aryl methyl sites for hydroxylation is 1. The minimum atomic E-state index is 0.681. The second kappa shape index (κ2) is 3.80. The van der Waals surface area contributed by atoms with Crippen LogP contribution in [-0.2, 0) is 11.8 Å². The van der Waals surface area contributed by atoms with Gasteiger partial charge in [0, 0.05) is 18.0 Å². The van der Waals surface area contributed by atoms with Crippen LogP contribution in [-0.4, -0.2) is 30.7 Å². The van der Waals surface area contributed by atoms with Crippen LogP contribution in [0.3, 0.4) is 0 Å². The highest BCUT2D eigenvalue weighted by molar-refractivity contribution is 5.99. The molecule has 2 heterocycles. The van der Waals surface area contributed by atoms with E-state index >= 15 is 0 Å². The van der Waals surface area contributed by atoms with E-state index in [1.54, 1.807) is 7.11 Å². The smallest absolute Gasteiger partial charge is 0.233 e. The summed E-state index contributed by atoms with van der Waals surface area (Å²) in [4.78, 5) is 4.35. The Bertz CT molecular complexity index is 599. The molecule has 17 heavy (non-hydrogen) atoms. The number of aromatic nitrogens is 1. The van der Waals surface area contributed by atoms with Gasteiger partial charge in [0.2, 0.25) is 5.90 Å². The largest absolute Gasteiger partial charge is 0.497 e. The Kier molecular flexibility index (Phi) is 2.28. The molecule has 4 heteroatoms. The molecule has 0 saturated carbocycles. The molecular formula is C13H14N2O2. The molecule has 0 saturated heterocycles. The summed E-state index contributed by atoms with van der Waals surface area (Å²) in [6.07, 6.45) is 0. The third kappa shape index (κ3) is 1.56. The minimum absolute atomic E-state index is 0.681. The van der Waals surface area contributed by atoms with E-state index in [-0.39, 0.29) is 0 Å². The molecule has 0 atom stereocenters. The molecule has 1 aliphatic rings. The van der Waals surface area contributed by atoms with Crippen molar-refractivity contribution in [1.29, 1.82) is 0 Å². The standard InChI is InChI=1S/C13H14N2O2/c1-15-11-4-3-10(16-2)7-9(11)8-12(15)13-14-5-6-17-13/h3-4,7-8H,5-6H2,1-2H3. The van der Waals surface area contributed by atoms with Crippen molar-refractivity contribution < 1.29 is 9.47 Å². The van der Waals surface area contributed by atoms with E-state index in [2.05, 4.69) is 15.6 Å². The van der Waals surface area contributed by atoms with Crippen LogP contribution in [0.4, 0.5) is 0 Å². The molecule has 0 radical (unpaired) electrons. The summed E-state index contributed by atoms with van der Waals surface area (Å²) in [5, 5.41) is 1.14. The van der Waals surface area contributed by atoms with Crippen LogP contribution >= 0.6 is 0 Å². The SMILES string of the molecule is COc1ccc2c(c1)cc(C1=NCCO1)n2C. The normalized spacial score (nSPS) is 14.8. The van der Waals surface area contributed by atoms with Crippen molar-refractivity contribution in [1.82, 2.24) is 4.57 Å². The zero-order chi connectivity index (χ0) is 11.8. The number of ether oxygens (including phenoxy) is 2. The summed E-state index contributed by atoms with van der Waals surface area (Å²) in [6, 6.07) is 8.12. The number of hydrogen-bond acceptors (Lipinski definition) is 3. The van der Waals surface area contributed by atoms with E-state index in [4.69, 9.17) is 9.47 Å². The fourth-order valence-corrected chi connectivity index (χ4v) is 2.15. The molecule has 3 rings (SSSR count). The van der Waals surface area contributed by atoms with E-state index in [0.717, 1.165) is 34.8 Å². The Morgan fingerprint density at radius 1 is 1.35 bits per heavy atom. The van der Waals surface area contributed by atoms with Gasteiger partial charge in [-0.3, -0.25) is 0 Å². The van der Waals surface area contributed by atoms with Crippen LogP contribution in [0.25, 0.3) is 10.9 Å². The van der Waals surface area contributed by atoms with Crippen LogP contribution in [0.15, 0.2) is 29.3 Å². The van der Waals surface area contributed by atoms with E-state index in [1.807, 2.05) is 25.2 Å². The first-order valence-corrected chi connectivity index (χ1v) is 5.60. The maximum absolute atomic E-state index is 5.50. The number of rotatable bonds is 2. The Morgan fingerprint density at radius 2 is 2.24 bits per heavy atom. The summed E-state index contributed by atoms with van der Waals surface area (Å²) in [5.41, 5.74) is 2.17. The van der Waals surface area contributed by atoms with Crippen LogP contribution in [0, 0.1) is 0 Å². The molecule has 0 bridgehead atoms. The van der Waals surface area contributed by atoms with Gasteiger partial charge < -0.3 is 14.0 Å². The van der Waals surface area contributed by atoms with Crippen molar-refractivity contribution in [2.45, 2.75) is 0 Å². The van der Waals surface area contributed by atoms with Crippen molar-refractivity contribution in [2.75, 3.05) is 20.3 Å². The van der Waals surface area contributed by atoms with E-state index in [9.17, 15) is 0 Å². The van der Waals surface area contributed by atoms with Crippen LogP contribution in [0.5, 0.6) is 5.75 Å². The summed E-state index contributed by atoms with van der Waals surface area (Å²) < 4.78 is 12.8. The second-order valence-electron chi connectivity index (χ2n) is 4.05. The summed E-state index contributed by atoms with van der Waals surface area (Å²) in [6.45, 7) is 1.43. The lowest BCUT2D eigenvalue weighted by Crippen LogP contribution is -2.06. The molecule has 1 aliphatic heterocycles. The fraction of sp³-hybridized carbons (Fsp3) is 0.308. The molecule has 4 nitrogen and oxygen atoms in total. The Balaban J connectivity index is 2.17. The van der Waals surface area contributed by atoms with Crippen LogP contribution in [0.2, 0.25) is 0 Å². The molecule has 0 fully saturated rings. The van der Waals surface area contributed by atoms with Gasteiger partial charge in [-0.15, -0.1) is 0 Å². The highest BCUT2D eigenvalue weighted by atomic mass is 16.5. The van der Waals surface area contributed by atoms with Crippen molar-refractivity contribution >= 4 is 16.8 Å². The van der Waals surface area contributed by atoms with Gasteiger partial charge in [0.05, 0.1) is 13.7 Å². The Labute approximate surface area is 99.5 Å². The predicted molar refractivity (Wildman–Crippen MR) is 66.8 cm³/mol. The third-order valence-electron chi connectivity index (χ3n) is 3.05. The summed E-state index contributed by atoms with van der Waals surface area (Å²) in [7, 11) is 3.70. The van der Waals surface area contributed by atoms with Crippen molar-refractivity contribution in [3.8, 4) is 5.75 Å². The lowest BCUT2D eigenvalue weighted by Gasteiger charge is -2.04. The van der Waals surface area contributed by atoms with Gasteiger partial charge in [-0.2, -0.15) is 0 Å². The van der Waals surface area contributed by atoms with Crippen LogP contribution < -0.4 is 4.74 Å². The van der Waals surface area contributed by atoms with Crippen molar-refractivity contribution in [3.63, 3.8) is 0 Å². The van der Waals surface area contributed by atoms with Gasteiger partial charge in [0.25, 0.3) is 0 Å². The molecular weight excluding hydrogens is 216 g/mol. The number of aliphatic imine (C=N–C) groups is 1. The highest BCUT2D eigenvalue weighted by Crippen LogP contribution is 2.24. The number of benzene rings is 1. The zero-order valence-electron chi connectivity index (χ0n) is 9.93. The minimum Gasteiger partial charge on any atom is -0.497 e. The molecule has 0 unspecified atom stereocenters. The average Bonchev–Trinajstić information content (AvgIpc) is 2.97. The topological polar surface area (TPSA) is 35.8 Å². The second-order valence-corrected chi connectivity index (χ2v) is 4.05. The maximum atomic E-state index is 5.50. The first-order valence-electron chi connectivity index (χ1n) is 5.60. The number of nitrogens with zero attached hydrogens (tertiary/aromatic N) is 2. The molecule has 88 valence electrons. The predicted octanol–water partition coefficient (Wildman–Crippen LogP) is 1.96. The van der Waals surface area contributed by atoms with E-state index in [1.165, 1.54) is 0 Å². The number of hydrogen-bond donors (Lipinski definition) is 0. The number of methoxy groups -OCH3 is 1. The van der Waals surface area contributed by atoms with Gasteiger partial charge >= 0.3 is 0 Å². The fourth-order valence-electron chi connectivity index (χ4n) is 2.15. The molecule has 0 spiro atoms. The molecule has 0 N–H and O–H groups in total. The van der Waals surface area contributed by atoms with Gasteiger partial charge in [-0.1, -0.05) is 0 Å². The molecule has 1 aromatic carbocycles. The van der Waals surface area contributed by atoms with Gasteiger partial charge in [0.15, 0.2) is 0 Å². The first-order chi connectivity index (χ1) is 8.29. The Hall–Kier alpha value is -1.97. The van der Waals surface area contributed by atoms with Gasteiger partial charge in [0.1, 0.15) is 18.1 Å². The quantitative estimate of drug-likeness (QED) is 0.790. The summed E-state index contributed by atoms with van der Waals surface area (Å²) >= 11 is 0. The lowest BCUT2D eigenvalue weighted by molar-refractivity contribution is 0.346. The average molecular weight is 230 g/mol. The zero-order valence-corrected chi connectivity index (χ0v) is 9.93. The number of fused-ring (bicyclic) bond motifs is 1. The van der Waals surface area contributed by atoms with Crippen LogP contribution in [0.1, 0.15) is 5.69 Å². The first kappa shape index (κ1) is 10.2. The summed E-state index contributed by atoms with van der Waals surface area (Å²) in [5.74, 6) is 1.60. The van der Waals surface area contributed by atoms with Gasteiger partial charge in [-0.25, -0.2) is 4.99 Å². The highest BCUT2D eigenvalue weighted by Gasteiger charge is 2.16. The third-order valence-corrected chi connectivity index (χ3v) is 3.05. The molecule has 0 amide bonds. The monoisotopic (exact) mass is 230 g/mol. The maximum Gasteiger partial charge on any atom is 0.233 e. The molecule has 0 aliphatic carbocycles. The van der Waals surface area contributed by atoms with Crippen molar-refractivity contribution in [3.05, 3.63) is 30.0 Å². The molecule has 1 aromatic heterocycles. The Morgan fingerprint density at radius 3 is 2.94 bits per heavy atom. The van der Waals surface area contributed by atoms with E-state index < -0.39 is 0 Å². The van der Waals surface area contributed by atoms with Crippen molar-refractivity contribution in [2.24, 2.45) is 12.0 Å². The van der Waals surface area contributed by atoms with Gasteiger partial charge in [-0.05, 0) is 24.3 Å². The molecule has 2 aromatic rings. The van der Waals surface area contributed by atoms with E-state index in [0.29, 0.717) is 6.61 Å².